The van der Waals surface area contributed by atoms with Gasteiger partial charge in [-0.1, -0.05) is 0 Å². The van der Waals surface area contributed by atoms with Gasteiger partial charge in [0, 0.05) is 13.1 Å². The topological polar surface area (TPSA) is 79.4 Å². The van der Waals surface area contributed by atoms with Gasteiger partial charge in [0.25, 0.3) is 0 Å². The lowest BCUT2D eigenvalue weighted by Crippen LogP contribution is -2.15. The van der Waals surface area contributed by atoms with Crippen LogP contribution in [0.4, 0.5) is 4.79 Å². The Balaban J connectivity index is 1.50. The molecule has 2 saturated heterocycles. The maximum absolute atomic E-state index is 10.8. The molecule has 0 aromatic heterocycles. The van der Waals surface area contributed by atoms with Crippen molar-refractivity contribution in [1.82, 2.24) is 10.6 Å². The van der Waals surface area contributed by atoms with Crippen LogP contribution in [0.15, 0.2) is 0 Å². The third-order valence-corrected chi connectivity index (χ3v) is 1.79. The number of carbonyl (C=O) groups is 1. The van der Waals surface area contributed by atoms with E-state index in [0.717, 1.165) is 13.1 Å². The van der Waals surface area contributed by atoms with E-state index in [0.29, 0.717) is 25.3 Å². The van der Waals surface area contributed by atoms with E-state index in [2.05, 4.69) is 10.6 Å². The molecule has 68 valence electrons. The van der Waals surface area contributed by atoms with Crippen molar-refractivity contribution in [3.8, 4) is 0 Å². The molecule has 0 aromatic rings. The summed E-state index contributed by atoms with van der Waals surface area (Å²) in [5, 5.41) is 6.04. The molecule has 0 saturated carbocycles. The smallest absolute Gasteiger partial charge is 0.433 e. The Labute approximate surface area is 70.4 Å². The standard InChI is InChI=1S/C7H12N2O3/c10-7(11-3-5-1-8-5)12-4-6-2-9-6/h5-6,8-9H,1-4H2. The zero-order valence-corrected chi connectivity index (χ0v) is 6.71. The van der Waals surface area contributed by atoms with E-state index >= 15 is 0 Å². The Morgan fingerprint density at radius 2 is 1.58 bits per heavy atom. The van der Waals surface area contributed by atoms with Gasteiger partial charge in [-0.3, -0.25) is 0 Å². The van der Waals surface area contributed by atoms with Crippen LogP contribution in [-0.2, 0) is 9.47 Å². The van der Waals surface area contributed by atoms with Crippen molar-refractivity contribution < 1.29 is 14.3 Å². The summed E-state index contributed by atoms with van der Waals surface area (Å²) in [5.74, 6) is 0. The lowest BCUT2D eigenvalue weighted by atomic mass is 10.5. The first kappa shape index (κ1) is 7.82. The first-order chi connectivity index (χ1) is 5.84. The highest BCUT2D eigenvalue weighted by molar-refractivity contribution is 5.60. The van der Waals surface area contributed by atoms with Gasteiger partial charge in [-0.2, -0.15) is 0 Å². The molecule has 12 heavy (non-hydrogen) atoms. The van der Waals surface area contributed by atoms with E-state index < -0.39 is 6.16 Å². The highest BCUT2D eigenvalue weighted by Gasteiger charge is 2.24. The molecular formula is C7H12N2O3. The van der Waals surface area contributed by atoms with E-state index in [1.165, 1.54) is 0 Å². The number of hydrogen-bond donors (Lipinski definition) is 2. The minimum absolute atomic E-state index is 0.358. The van der Waals surface area contributed by atoms with Gasteiger partial charge >= 0.3 is 6.16 Å². The summed E-state index contributed by atoms with van der Waals surface area (Å²) in [6, 6.07) is 0.716. The third kappa shape index (κ3) is 2.67. The lowest BCUT2D eigenvalue weighted by Gasteiger charge is -2.02. The van der Waals surface area contributed by atoms with Crippen LogP contribution in [-0.4, -0.2) is 44.5 Å². The Bertz CT molecular complexity index is 159. The summed E-state index contributed by atoms with van der Waals surface area (Å²) >= 11 is 0. The van der Waals surface area contributed by atoms with Crippen molar-refractivity contribution in [2.75, 3.05) is 26.3 Å². The predicted octanol–water partition coefficient (Wildman–Crippen LogP) is -0.917. The molecule has 2 unspecified atom stereocenters. The summed E-state index contributed by atoms with van der Waals surface area (Å²) in [6.07, 6.45) is -0.558. The van der Waals surface area contributed by atoms with Crippen molar-refractivity contribution in [2.24, 2.45) is 0 Å². The molecule has 5 nitrogen and oxygen atoms in total. The fourth-order valence-electron chi connectivity index (χ4n) is 0.781. The van der Waals surface area contributed by atoms with Gasteiger partial charge in [0.2, 0.25) is 0 Å². The number of hydrogen-bond acceptors (Lipinski definition) is 5. The SMILES string of the molecule is O=C(OCC1CN1)OCC1CN1. The fourth-order valence-corrected chi connectivity index (χ4v) is 0.781. The van der Waals surface area contributed by atoms with Gasteiger partial charge in [-0.25, -0.2) is 4.79 Å². The molecule has 2 heterocycles. The Hall–Kier alpha value is -0.810. The van der Waals surface area contributed by atoms with E-state index in [1.807, 2.05) is 0 Å². The highest BCUT2D eigenvalue weighted by atomic mass is 16.7. The van der Waals surface area contributed by atoms with Crippen LogP contribution in [0.3, 0.4) is 0 Å². The van der Waals surface area contributed by atoms with E-state index in [1.54, 1.807) is 0 Å². The van der Waals surface area contributed by atoms with Crippen molar-refractivity contribution in [3.63, 3.8) is 0 Å². The van der Waals surface area contributed by atoms with Crippen molar-refractivity contribution >= 4 is 6.16 Å². The predicted molar refractivity (Wildman–Crippen MR) is 40.9 cm³/mol. The van der Waals surface area contributed by atoms with Crippen molar-refractivity contribution in [3.05, 3.63) is 0 Å². The molecule has 2 rings (SSSR count). The maximum Gasteiger partial charge on any atom is 0.508 e. The monoisotopic (exact) mass is 172 g/mol. The van der Waals surface area contributed by atoms with Crippen LogP contribution in [0.5, 0.6) is 0 Å². The molecule has 0 spiro atoms. The normalized spacial score (nSPS) is 31.0. The van der Waals surface area contributed by atoms with Crippen molar-refractivity contribution in [2.45, 2.75) is 12.1 Å². The largest absolute Gasteiger partial charge is 0.508 e. The molecule has 2 N–H and O–H groups in total. The van der Waals surface area contributed by atoms with Gasteiger partial charge in [0.05, 0.1) is 12.1 Å². The summed E-state index contributed by atoms with van der Waals surface area (Å²) in [4.78, 5) is 10.8. The Kier molecular flexibility index (Phi) is 2.14. The molecule has 2 fully saturated rings. The van der Waals surface area contributed by atoms with Crippen LogP contribution < -0.4 is 10.6 Å². The van der Waals surface area contributed by atoms with Crippen LogP contribution in [0, 0.1) is 0 Å². The maximum atomic E-state index is 10.8. The second kappa shape index (κ2) is 3.28. The molecule has 2 atom stereocenters. The van der Waals surface area contributed by atoms with Crippen LogP contribution in [0.25, 0.3) is 0 Å². The van der Waals surface area contributed by atoms with E-state index in [-0.39, 0.29) is 0 Å². The average molecular weight is 172 g/mol. The molecule has 2 aliphatic rings. The van der Waals surface area contributed by atoms with Crippen LogP contribution in [0.2, 0.25) is 0 Å². The molecule has 0 amide bonds. The molecule has 2 aliphatic heterocycles. The van der Waals surface area contributed by atoms with Gasteiger partial charge < -0.3 is 20.1 Å². The second-order valence-corrected chi connectivity index (χ2v) is 3.08. The summed E-state index contributed by atoms with van der Waals surface area (Å²) in [6.45, 7) is 2.74. The van der Waals surface area contributed by atoms with Crippen LogP contribution >= 0.6 is 0 Å². The quantitative estimate of drug-likeness (QED) is 0.423. The Morgan fingerprint density at radius 1 is 1.17 bits per heavy atom. The molecule has 0 radical (unpaired) electrons. The second-order valence-electron chi connectivity index (χ2n) is 3.08. The zero-order valence-electron chi connectivity index (χ0n) is 6.71. The fraction of sp³-hybridized carbons (Fsp3) is 0.857. The minimum atomic E-state index is -0.558. The van der Waals surface area contributed by atoms with Gasteiger partial charge in [0.1, 0.15) is 13.2 Å². The van der Waals surface area contributed by atoms with Gasteiger partial charge in [-0.05, 0) is 0 Å². The first-order valence-electron chi connectivity index (χ1n) is 4.11. The summed E-state index contributed by atoms with van der Waals surface area (Å²) in [7, 11) is 0. The zero-order chi connectivity index (χ0) is 8.39. The van der Waals surface area contributed by atoms with Crippen molar-refractivity contribution in [1.29, 1.82) is 0 Å². The average Bonchev–Trinajstić information content (AvgIpc) is 2.89. The first-order valence-corrected chi connectivity index (χ1v) is 4.11. The van der Waals surface area contributed by atoms with E-state index in [9.17, 15) is 4.79 Å². The number of nitrogens with one attached hydrogen (secondary N) is 2. The molecule has 0 aliphatic carbocycles. The van der Waals surface area contributed by atoms with E-state index in [4.69, 9.17) is 9.47 Å². The molecule has 0 bridgehead atoms. The number of rotatable bonds is 4. The van der Waals surface area contributed by atoms with Gasteiger partial charge in [-0.15, -0.1) is 0 Å². The molecular weight excluding hydrogens is 160 g/mol. The molecule has 0 aromatic carbocycles. The third-order valence-electron chi connectivity index (χ3n) is 1.79. The summed E-state index contributed by atoms with van der Waals surface area (Å²) < 4.78 is 9.59. The Morgan fingerprint density at radius 3 is 1.92 bits per heavy atom. The number of carbonyl (C=O) groups excluding carboxylic acids is 1. The minimum Gasteiger partial charge on any atom is -0.433 e. The number of ether oxygens (including phenoxy) is 2. The van der Waals surface area contributed by atoms with Crippen LogP contribution in [0.1, 0.15) is 0 Å². The van der Waals surface area contributed by atoms with Gasteiger partial charge in [0.15, 0.2) is 0 Å². The highest BCUT2D eigenvalue weighted by Crippen LogP contribution is 2.01. The lowest BCUT2D eigenvalue weighted by molar-refractivity contribution is 0.0563. The summed E-state index contributed by atoms with van der Waals surface area (Å²) in [5.41, 5.74) is 0. The molecule has 5 heteroatoms.